The van der Waals surface area contributed by atoms with Crippen molar-refractivity contribution in [2.75, 3.05) is 19.7 Å². The number of aliphatic hydroxyl groups excluding tert-OH is 1. The highest BCUT2D eigenvalue weighted by atomic mass is 19.3. The van der Waals surface area contributed by atoms with Crippen LogP contribution in [0.3, 0.4) is 0 Å². The average Bonchev–Trinajstić information content (AvgIpc) is 3.69. The minimum atomic E-state index is -3.07. The molecule has 8 nitrogen and oxygen atoms in total. The average molecular weight is 660 g/mol. The van der Waals surface area contributed by atoms with Crippen molar-refractivity contribution in [2.45, 2.75) is 52.4 Å². The molecule has 0 spiro atoms. The Morgan fingerprint density at radius 1 is 1.02 bits per heavy atom. The van der Waals surface area contributed by atoms with Crippen LogP contribution in [-0.2, 0) is 17.9 Å². The summed E-state index contributed by atoms with van der Waals surface area (Å²) in [6.45, 7) is 2.20. The van der Waals surface area contributed by atoms with Crippen LogP contribution in [0.2, 0.25) is 0 Å². The smallest absolute Gasteiger partial charge is 0.387 e. The number of rotatable bonds is 12. The highest BCUT2D eigenvalue weighted by molar-refractivity contribution is 5.85. The molecular weight excluding hydrogens is 623 g/mol. The maximum Gasteiger partial charge on any atom is 0.387 e. The van der Waals surface area contributed by atoms with Gasteiger partial charge < -0.3 is 24.7 Å². The molecule has 0 saturated carbocycles. The minimum Gasteiger partial charge on any atom is -0.480 e. The van der Waals surface area contributed by atoms with Gasteiger partial charge in [0.05, 0.1) is 6.61 Å². The first-order valence-electron chi connectivity index (χ1n) is 15.8. The number of nitrogens with one attached hydrogen (secondary N) is 1. The van der Waals surface area contributed by atoms with Crippen LogP contribution >= 0.6 is 0 Å². The molecule has 1 aromatic heterocycles. The number of benzene rings is 4. The predicted octanol–water partition coefficient (Wildman–Crippen LogP) is 7.32. The highest BCUT2D eigenvalue weighted by Crippen LogP contribution is 2.39. The first-order chi connectivity index (χ1) is 23.1. The standard InChI is InChI=1S/C37H36F3N3O5/c1-21-26(23-11-12-24(30(38)16-23)19-41-13-15-44)6-3-7-27(21)28-8-4-9-29(22(28)2)35-42-31-17-25(20-43-14-5-10-32(43)36(45)46)33(48-37(39)40)18-34(31)47-35/h3-4,6-9,11-12,16-18,32,37,41,44H,5,10,13-15,19-20H2,1-2H3,(H,45,46)/t32-/m0/s1. The number of carboxylic acid groups (broad SMARTS) is 1. The van der Waals surface area contributed by atoms with Crippen LogP contribution in [0.5, 0.6) is 5.75 Å². The summed E-state index contributed by atoms with van der Waals surface area (Å²) >= 11 is 0. The van der Waals surface area contributed by atoms with E-state index in [4.69, 9.17) is 19.2 Å². The van der Waals surface area contributed by atoms with Gasteiger partial charge in [-0.05, 0) is 84.8 Å². The van der Waals surface area contributed by atoms with Crippen molar-refractivity contribution < 1.29 is 37.3 Å². The van der Waals surface area contributed by atoms with Gasteiger partial charge in [0.1, 0.15) is 23.1 Å². The quantitative estimate of drug-likeness (QED) is 0.120. The normalized spacial score (nSPS) is 15.1. The number of oxazole rings is 1. The van der Waals surface area contributed by atoms with Crippen LogP contribution < -0.4 is 10.1 Å². The number of alkyl halides is 2. The van der Waals surface area contributed by atoms with E-state index >= 15 is 0 Å². The number of hydrogen-bond donors (Lipinski definition) is 3. The summed E-state index contributed by atoms with van der Waals surface area (Å²) in [7, 11) is 0. The Hall–Kier alpha value is -4.71. The summed E-state index contributed by atoms with van der Waals surface area (Å²) in [4.78, 5) is 18.2. The molecule has 11 heteroatoms. The number of carbonyl (C=O) groups is 1. The summed E-state index contributed by atoms with van der Waals surface area (Å²) in [5.41, 5.74) is 7.68. The topological polar surface area (TPSA) is 108 Å². The second-order valence-electron chi connectivity index (χ2n) is 12.0. The summed E-state index contributed by atoms with van der Waals surface area (Å²) in [6.07, 6.45) is 1.19. The lowest BCUT2D eigenvalue weighted by molar-refractivity contribution is -0.142. The van der Waals surface area contributed by atoms with Crippen LogP contribution in [-0.4, -0.2) is 58.4 Å². The molecule has 1 aliphatic heterocycles. The molecule has 0 amide bonds. The molecule has 1 aliphatic rings. The van der Waals surface area contributed by atoms with E-state index in [1.165, 1.54) is 12.1 Å². The fourth-order valence-electron chi connectivity index (χ4n) is 6.52. The summed E-state index contributed by atoms with van der Waals surface area (Å²) < 4.78 is 52.7. The maximum atomic E-state index is 15.0. The molecule has 1 saturated heterocycles. The molecule has 2 heterocycles. The Balaban J connectivity index is 1.34. The molecule has 0 bridgehead atoms. The van der Waals surface area contributed by atoms with Crippen molar-refractivity contribution in [1.29, 1.82) is 0 Å². The summed E-state index contributed by atoms with van der Waals surface area (Å²) in [6, 6.07) is 19.1. The number of aromatic nitrogens is 1. The number of aliphatic carboxylic acids is 1. The van der Waals surface area contributed by atoms with Gasteiger partial charge in [0.15, 0.2) is 5.58 Å². The number of hydrogen-bond acceptors (Lipinski definition) is 7. The number of aliphatic hydroxyl groups is 1. The monoisotopic (exact) mass is 659 g/mol. The van der Waals surface area contributed by atoms with Gasteiger partial charge in [-0.1, -0.05) is 42.5 Å². The molecule has 0 unspecified atom stereocenters. The van der Waals surface area contributed by atoms with Gasteiger partial charge in [0.2, 0.25) is 5.89 Å². The zero-order valence-electron chi connectivity index (χ0n) is 26.6. The lowest BCUT2D eigenvalue weighted by Gasteiger charge is -2.22. The van der Waals surface area contributed by atoms with Crippen LogP contribution in [0, 0.1) is 19.7 Å². The van der Waals surface area contributed by atoms with Crippen LogP contribution in [0.1, 0.15) is 35.1 Å². The fraction of sp³-hybridized carbons (Fsp3) is 0.297. The number of ether oxygens (including phenoxy) is 1. The zero-order valence-corrected chi connectivity index (χ0v) is 26.6. The Morgan fingerprint density at radius 2 is 1.73 bits per heavy atom. The van der Waals surface area contributed by atoms with Crippen LogP contribution in [0.4, 0.5) is 13.2 Å². The second-order valence-corrected chi connectivity index (χ2v) is 12.0. The van der Waals surface area contributed by atoms with Gasteiger partial charge in [-0.15, -0.1) is 0 Å². The van der Waals surface area contributed by atoms with Gasteiger partial charge in [-0.3, -0.25) is 9.69 Å². The van der Waals surface area contributed by atoms with E-state index in [1.54, 1.807) is 17.0 Å². The summed E-state index contributed by atoms with van der Waals surface area (Å²) in [5.74, 6) is -1.06. The van der Waals surface area contributed by atoms with Gasteiger partial charge in [-0.25, -0.2) is 9.37 Å². The van der Waals surface area contributed by atoms with Crippen LogP contribution in [0.25, 0.3) is 44.8 Å². The molecule has 1 fully saturated rings. The minimum absolute atomic E-state index is 0.0216. The van der Waals surface area contributed by atoms with Crippen molar-refractivity contribution in [2.24, 2.45) is 0 Å². The van der Waals surface area contributed by atoms with E-state index in [0.717, 1.165) is 33.4 Å². The number of halogens is 3. The Bertz CT molecular complexity index is 1960. The predicted molar refractivity (Wildman–Crippen MR) is 176 cm³/mol. The first-order valence-corrected chi connectivity index (χ1v) is 15.8. The zero-order chi connectivity index (χ0) is 33.9. The second kappa shape index (κ2) is 14.2. The van der Waals surface area contributed by atoms with Gasteiger partial charge in [0.25, 0.3) is 0 Å². The Morgan fingerprint density at radius 3 is 2.42 bits per heavy atom. The third kappa shape index (κ3) is 6.80. The van der Waals surface area contributed by atoms with Crippen molar-refractivity contribution in [1.82, 2.24) is 15.2 Å². The van der Waals surface area contributed by atoms with E-state index in [1.807, 2.05) is 56.3 Å². The lowest BCUT2D eigenvalue weighted by atomic mass is 9.89. The number of fused-ring (bicyclic) bond motifs is 1. The van der Waals surface area contributed by atoms with Gasteiger partial charge in [0, 0.05) is 42.4 Å². The molecular formula is C37H36F3N3O5. The van der Waals surface area contributed by atoms with E-state index in [9.17, 15) is 23.1 Å². The number of nitrogens with zero attached hydrogens (tertiary/aromatic N) is 2. The molecule has 48 heavy (non-hydrogen) atoms. The van der Waals surface area contributed by atoms with Crippen molar-refractivity contribution in [3.05, 3.63) is 94.8 Å². The van der Waals surface area contributed by atoms with E-state index in [-0.39, 0.29) is 30.3 Å². The fourth-order valence-corrected chi connectivity index (χ4v) is 6.52. The van der Waals surface area contributed by atoms with Crippen molar-refractivity contribution in [3.8, 4) is 39.5 Å². The largest absolute Gasteiger partial charge is 0.480 e. The summed E-state index contributed by atoms with van der Waals surface area (Å²) in [5, 5.41) is 21.6. The van der Waals surface area contributed by atoms with E-state index in [0.29, 0.717) is 60.6 Å². The van der Waals surface area contributed by atoms with E-state index in [2.05, 4.69) is 5.32 Å². The van der Waals surface area contributed by atoms with Crippen LogP contribution in [0.15, 0.2) is 71.1 Å². The molecule has 0 aliphatic carbocycles. The van der Waals surface area contributed by atoms with Crippen molar-refractivity contribution >= 4 is 17.1 Å². The highest BCUT2D eigenvalue weighted by Gasteiger charge is 2.31. The van der Waals surface area contributed by atoms with Gasteiger partial charge in [-0.2, -0.15) is 8.78 Å². The molecule has 4 aromatic carbocycles. The van der Waals surface area contributed by atoms with Crippen molar-refractivity contribution in [3.63, 3.8) is 0 Å². The van der Waals surface area contributed by atoms with Gasteiger partial charge >= 0.3 is 12.6 Å². The SMILES string of the molecule is Cc1c(-c2ccc(CNCCO)c(F)c2)cccc1-c1cccc(-c2nc3cc(CN4CCC[C@H]4C(=O)O)c(OC(F)F)cc3o2)c1C. The number of likely N-dealkylation sites (tertiary alicyclic amines) is 1. The lowest BCUT2D eigenvalue weighted by Crippen LogP contribution is -2.35. The molecule has 0 radical (unpaired) electrons. The Kier molecular flexibility index (Phi) is 9.81. The molecule has 3 N–H and O–H groups in total. The third-order valence-electron chi connectivity index (χ3n) is 8.97. The molecule has 5 aromatic rings. The molecule has 250 valence electrons. The van der Waals surface area contributed by atoms with E-state index < -0.39 is 18.6 Å². The molecule has 1 atom stereocenters. The maximum absolute atomic E-state index is 15.0. The third-order valence-corrected chi connectivity index (χ3v) is 8.97. The first kappa shape index (κ1) is 33.2. The molecule has 6 rings (SSSR count). The number of carboxylic acids is 1. The Labute approximate surface area is 275 Å².